The molecule has 0 atom stereocenters. The van der Waals surface area contributed by atoms with Gasteiger partial charge < -0.3 is 10.1 Å². The Labute approximate surface area is 147 Å². The van der Waals surface area contributed by atoms with Gasteiger partial charge in [-0.2, -0.15) is 0 Å². The molecule has 4 nitrogen and oxygen atoms in total. The van der Waals surface area contributed by atoms with Gasteiger partial charge in [0.05, 0.1) is 10.7 Å². The van der Waals surface area contributed by atoms with Gasteiger partial charge in [-0.25, -0.2) is 4.79 Å². The lowest BCUT2D eigenvalue weighted by Crippen LogP contribution is -2.20. The summed E-state index contributed by atoms with van der Waals surface area (Å²) in [5.74, 6) is -1.05. The average Bonchev–Trinajstić information content (AvgIpc) is 2.54. The van der Waals surface area contributed by atoms with Crippen LogP contribution >= 0.6 is 27.5 Å². The molecule has 2 aromatic rings. The molecule has 0 aliphatic rings. The van der Waals surface area contributed by atoms with Gasteiger partial charge in [0.2, 0.25) is 0 Å². The van der Waals surface area contributed by atoms with Crippen LogP contribution in [0.1, 0.15) is 5.56 Å². The Balaban J connectivity index is 1.81. The van der Waals surface area contributed by atoms with Crippen molar-refractivity contribution in [2.24, 2.45) is 0 Å². The van der Waals surface area contributed by atoms with E-state index < -0.39 is 11.9 Å². The fraction of sp³-hybridized carbons (Fsp3) is 0.0588. The number of hydrogen-bond donors (Lipinski definition) is 1. The fourth-order valence-electron chi connectivity index (χ4n) is 1.67. The average molecular weight is 395 g/mol. The first-order valence-electron chi connectivity index (χ1n) is 6.69. The maximum Gasteiger partial charge on any atom is 0.331 e. The molecule has 1 N–H and O–H groups in total. The van der Waals surface area contributed by atoms with Crippen LogP contribution in [0.4, 0.5) is 5.69 Å². The number of para-hydroxylation sites is 1. The maximum atomic E-state index is 11.7. The molecule has 0 aliphatic carbocycles. The summed E-state index contributed by atoms with van der Waals surface area (Å²) in [5, 5.41) is 2.99. The van der Waals surface area contributed by atoms with Gasteiger partial charge in [-0.05, 0) is 35.9 Å². The fourth-order valence-corrected chi connectivity index (χ4v) is 2.12. The van der Waals surface area contributed by atoms with Crippen LogP contribution in [0.3, 0.4) is 0 Å². The summed E-state index contributed by atoms with van der Waals surface area (Å²) >= 11 is 9.25. The molecule has 0 unspecified atom stereocenters. The molecule has 2 rings (SSSR count). The molecular weight excluding hydrogens is 382 g/mol. The smallest absolute Gasteiger partial charge is 0.331 e. The molecule has 118 valence electrons. The zero-order chi connectivity index (χ0) is 16.7. The molecule has 1 amide bonds. The largest absolute Gasteiger partial charge is 0.452 e. The number of nitrogens with one attached hydrogen (secondary N) is 1. The number of esters is 1. The van der Waals surface area contributed by atoms with Crippen LogP contribution in [0.2, 0.25) is 5.02 Å². The van der Waals surface area contributed by atoms with Gasteiger partial charge in [0.1, 0.15) is 0 Å². The van der Waals surface area contributed by atoms with Crippen molar-refractivity contribution in [1.82, 2.24) is 0 Å². The van der Waals surface area contributed by atoms with Crippen molar-refractivity contribution in [3.05, 3.63) is 69.7 Å². The molecule has 0 heterocycles. The van der Waals surface area contributed by atoms with E-state index in [4.69, 9.17) is 16.3 Å². The Bertz CT molecular complexity index is 729. The van der Waals surface area contributed by atoms with E-state index in [1.807, 2.05) is 24.3 Å². The summed E-state index contributed by atoms with van der Waals surface area (Å²) in [4.78, 5) is 23.3. The van der Waals surface area contributed by atoms with E-state index in [2.05, 4.69) is 21.2 Å². The van der Waals surface area contributed by atoms with E-state index in [9.17, 15) is 9.59 Å². The van der Waals surface area contributed by atoms with E-state index in [0.717, 1.165) is 10.0 Å². The van der Waals surface area contributed by atoms with Crippen molar-refractivity contribution >= 4 is 51.2 Å². The summed E-state index contributed by atoms with van der Waals surface area (Å²) in [5.41, 5.74) is 1.33. The molecule has 2 aromatic carbocycles. The lowest BCUT2D eigenvalue weighted by atomic mass is 10.2. The lowest BCUT2D eigenvalue weighted by Gasteiger charge is -2.06. The Morgan fingerprint density at radius 3 is 2.52 bits per heavy atom. The first kappa shape index (κ1) is 17.2. The zero-order valence-electron chi connectivity index (χ0n) is 12.0. The summed E-state index contributed by atoms with van der Waals surface area (Å²) in [6.07, 6.45) is 2.88. The standard InChI is InChI=1S/C17H13BrClNO3/c18-13-8-5-12(6-9-13)7-10-17(22)23-11-16(21)20-15-4-2-1-3-14(15)19/h1-10H,11H2,(H,20,21)/b10-7+. The third-order valence-corrected chi connectivity index (χ3v) is 3.63. The highest BCUT2D eigenvalue weighted by atomic mass is 79.9. The van der Waals surface area contributed by atoms with Crippen molar-refractivity contribution in [1.29, 1.82) is 0 Å². The lowest BCUT2D eigenvalue weighted by molar-refractivity contribution is -0.142. The van der Waals surface area contributed by atoms with Crippen LogP contribution in [-0.4, -0.2) is 18.5 Å². The summed E-state index contributed by atoms with van der Waals surface area (Å²) in [6, 6.07) is 14.2. The third-order valence-electron chi connectivity index (χ3n) is 2.78. The van der Waals surface area contributed by atoms with E-state index in [0.29, 0.717) is 10.7 Å². The van der Waals surface area contributed by atoms with Gasteiger partial charge >= 0.3 is 5.97 Å². The number of carbonyl (C=O) groups is 2. The quantitative estimate of drug-likeness (QED) is 0.608. The number of rotatable bonds is 5. The van der Waals surface area contributed by atoms with Crippen LogP contribution in [0.15, 0.2) is 59.1 Å². The second kappa shape index (κ2) is 8.50. The first-order valence-corrected chi connectivity index (χ1v) is 7.86. The number of carbonyl (C=O) groups excluding carboxylic acids is 2. The molecule has 0 saturated heterocycles. The normalized spacial score (nSPS) is 10.5. The molecule has 0 aliphatic heterocycles. The van der Waals surface area contributed by atoms with E-state index in [1.165, 1.54) is 6.08 Å². The van der Waals surface area contributed by atoms with Crippen molar-refractivity contribution in [3.63, 3.8) is 0 Å². The van der Waals surface area contributed by atoms with Crippen LogP contribution in [0, 0.1) is 0 Å². The van der Waals surface area contributed by atoms with E-state index >= 15 is 0 Å². The van der Waals surface area contributed by atoms with E-state index in [-0.39, 0.29) is 6.61 Å². The van der Waals surface area contributed by atoms with Gasteiger partial charge in [0.15, 0.2) is 6.61 Å². The minimum absolute atomic E-state index is 0.380. The van der Waals surface area contributed by atoms with Gasteiger partial charge in [0, 0.05) is 10.5 Å². The SMILES string of the molecule is O=C(COC(=O)/C=C/c1ccc(Br)cc1)Nc1ccccc1Cl. The molecule has 0 radical (unpaired) electrons. The Morgan fingerprint density at radius 1 is 1.13 bits per heavy atom. The number of amides is 1. The first-order chi connectivity index (χ1) is 11.0. The Hall–Kier alpha value is -2.11. The van der Waals surface area contributed by atoms with Gasteiger partial charge in [-0.15, -0.1) is 0 Å². The monoisotopic (exact) mass is 393 g/mol. The summed E-state index contributed by atoms with van der Waals surface area (Å²) in [7, 11) is 0. The Kier molecular flexibility index (Phi) is 6.38. The summed E-state index contributed by atoms with van der Waals surface area (Å²) in [6.45, 7) is -0.380. The van der Waals surface area contributed by atoms with Crippen LogP contribution in [-0.2, 0) is 14.3 Å². The van der Waals surface area contributed by atoms with E-state index in [1.54, 1.807) is 30.3 Å². The molecule has 23 heavy (non-hydrogen) atoms. The third kappa shape index (κ3) is 5.88. The maximum absolute atomic E-state index is 11.7. The second-order valence-corrected chi connectivity index (χ2v) is 5.84. The van der Waals surface area contributed by atoms with Crippen molar-refractivity contribution in [3.8, 4) is 0 Å². The second-order valence-electron chi connectivity index (χ2n) is 4.52. The molecule has 0 spiro atoms. The van der Waals surface area contributed by atoms with Crippen molar-refractivity contribution < 1.29 is 14.3 Å². The molecule has 0 bridgehead atoms. The number of halogens is 2. The minimum Gasteiger partial charge on any atom is -0.452 e. The molecule has 0 fully saturated rings. The highest BCUT2D eigenvalue weighted by Crippen LogP contribution is 2.20. The number of ether oxygens (including phenoxy) is 1. The Morgan fingerprint density at radius 2 is 1.83 bits per heavy atom. The highest BCUT2D eigenvalue weighted by Gasteiger charge is 2.07. The minimum atomic E-state index is -0.595. The van der Waals surface area contributed by atoms with Crippen molar-refractivity contribution in [2.45, 2.75) is 0 Å². The summed E-state index contributed by atoms with van der Waals surface area (Å²) < 4.78 is 5.82. The van der Waals surface area contributed by atoms with Crippen LogP contribution in [0.5, 0.6) is 0 Å². The van der Waals surface area contributed by atoms with Crippen LogP contribution in [0.25, 0.3) is 6.08 Å². The predicted octanol–water partition coefficient (Wildman–Crippen LogP) is 4.30. The molecular formula is C17H13BrClNO3. The highest BCUT2D eigenvalue weighted by molar-refractivity contribution is 9.10. The predicted molar refractivity (Wildman–Crippen MR) is 94.2 cm³/mol. The number of benzene rings is 2. The van der Waals surface area contributed by atoms with Gasteiger partial charge in [-0.1, -0.05) is 51.8 Å². The topological polar surface area (TPSA) is 55.4 Å². The molecule has 6 heteroatoms. The number of hydrogen-bond acceptors (Lipinski definition) is 3. The molecule has 0 aromatic heterocycles. The number of anilines is 1. The van der Waals surface area contributed by atoms with Gasteiger partial charge in [-0.3, -0.25) is 4.79 Å². The van der Waals surface area contributed by atoms with Crippen LogP contribution < -0.4 is 5.32 Å². The zero-order valence-corrected chi connectivity index (χ0v) is 14.3. The van der Waals surface area contributed by atoms with Crippen molar-refractivity contribution in [2.75, 3.05) is 11.9 Å². The van der Waals surface area contributed by atoms with Gasteiger partial charge in [0.25, 0.3) is 5.91 Å². The molecule has 0 saturated carbocycles.